The van der Waals surface area contributed by atoms with Gasteiger partial charge in [0.15, 0.2) is 0 Å². The summed E-state index contributed by atoms with van der Waals surface area (Å²) in [5, 5.41) is -0.475. The molecule has 0 radical (unpaired) electrons. The van der Waals surface area contributed by atoms with E-state index in [9.17, 15) is 8.42 Å². The number of nitrogens with zero attached hydrogens (tertiary/aromatic N) is 1. The third kappa shape index (κ3) is 2.23. The Balaban J connectivity index is 2.83. The van der Waals surface area contributed by atoms with Gasteiger partial charge in [-0.25, -0.2) is 8.42 Å². The van der Waals surface area contributed by atoms with Crippen LogP contribution in [0.1, 0.15) is 27.2 Å². The predicted octanol–water partition coefficient (Wildman–Crippen LogP) is 1.67. The molecular weight excluding hydrogens is 222 g/mol. The molecule has 3 nitrogen and oxygen atoms in total. The highest BCUT2D eigenvalue weighted by atomic mass is 35.5. The fourth-order valence-corrected chi connectivity index (χ4v) is 4.08. The van der Waals surface area contributed by atoms with E-state index in [1.807, 2.05) is 6.92 Å². The van der Waals surface area contributed by atoms with Gasteiger partial charge in [-0.3, -0.25) is 0 Å². The maximum atomic E-state index is 12.0. The summed E-state index contributed by atoms with van der Waals surface area (Å²) >= 11 is 5.59. The molecule has 0 aliphatic carbocycles. The highest BCUT2D eigenvalue weighted by Crippen LogP contribution is 2.27. The first-order valence-corrected chi connectivity index (χ1v) is 7.00. The molecule has 1 fully saturated rings. The first-order valence-electron chi connectivity index (χ1n) is 4.96. The molecular formula is C9H18ClNO2S. The molecule has 1 aliphatic heterocycles. The van der Waals surface area contributed by atoms with Crippen molar-refractivity contribution in [1.82, 2.24) is 4.31 Å². The minimum absolute atomic E-state index is 0.126. The molecule has 0 spiro atoms. The lowest BCUT2D eigenvalue weighted by atomic mass is 10.1. The second-order valence-electron chi connectivity index (χ2n) is 4.27. The molecule has 0 amide bonds. The lowest BCUT2D eigenvalue weighted by Gasteiger charge is -2.23. The number of halogens is 1. The van der Waals surface area contributed by atoms with Gasteiger partial charge in [0.1, 0.15) is 0 Å². The molecule has 1 rings (SSSR count). The number of alkyl halides is 1. The van der Waals surface area contributed by atoms with Crippen molar-refractivity contribution < 1.29 is 8.42 Å². The Kier molecular flexibility index (Phi) is 3.83. The number of hydrogen-bond donors (Lipinski definition) is 0. The van der Waals surface area contributed by atoms with Crippen molar-refractivity contribution in [3.63, 3.8) is 0 Å². The van der Waals surface area contributed by atoms with Crippen LogP contribution in [0.5, 0.6) is 0 Å². The molecule has 1 aliphatic rings. The van der Waals surface area contributed by atoms with E-state index in [1.165, 1.54) is 0 Å². The van der Waals surface area contributed by atoms with Gasteiger partial charge in [0, 0.05) is 18.5 Å². The van der Waals surface area contributed by atoms with E-state index in [2.05, 4.69) is 6.92 Å². The van der Waals surface area contributed by atoms with Gasteiger partial charge in [0.25, 0.3) is 0 Å². The van der Waals surface area contributed by atoms with Crippen molar-refractivity contribution in [2.45, 2.75) is 38.5 Å². The first kappa shape index (κ1) is 12.3. The molecule has 0 bridgehead atoms. The molecule has 1 heterocycles. The minimum atomic E-state index is -3.17. The van der Waals surface area contributed by atoms with Crippen molar-refractivity contribution in [2.75, 3.05) is 12.4 Å². The zero-order valence-electron chi connectivity index (χ0n) is 8.90. The molecule has 0 aromatic rings. The van der Waals surface area contributed by atoms with Gasteiger partial charge in [-0.1, -0.05) is 6.92 Å². The van der Waals surface area contributed by atoms with Crippen molar-refractivity contribution in [3.05, 3.63) is 0 Å². The Morgan fingerprint density at radius 1 is 1.50 bits per heavy atom. The van der Waals surface area contributed by atoms with Crippen LogP contribution in [-0.2, 0) is 10.0 Å². The minimum Gasteiger partial charge on any atom is -0.212 e. The quantitative estimate of drug-likeness (QED) is 0.703. The highest BCUT2D eigenvalue weighted by Gasteiger charge is 2.37. The largest absolute Gasteiger partial charge is 0.218 e. The molecule has 1 saturated heterocycles. The summed E-state index contributed by atoms with van der Waals surface area (Å²) in [7, 11) is -3.17. The van der Waals surface area contributed by atoms with Crippen molar-refractivity contribution in [1.29, 1.82) is 0 Å². The third-order valence-corrected chi connectivity index (χ3v) is 5.77. The third-order valence-electron chi connectivity index (χ3n) is 2.78. The highest BCUT2D eigenvalue weighted by molar-refractivity contribution is 7.89. The van der Waals surface area contributed by atoms with E-state index in [4.69, 9.17) is 11.6 Å². The van der Waals surface area contributed by atoms with Crippen LogP contribution in [0.2, 0.25) is 0 Å². The van der Waals surface area contributed by atoms with Crippen LogP contribution in [0.3, 0.4) is 0 Å². The van der Waals surface area contributed by atoms with Crippen LogP contribution in [0.25, 0.3) is 0 Å². The molecule has 3 atom stereocenters. The van der Waals surface area contributed by atoms with Crippen molar-refractivity contribution >= 4 is 21.6 Å². The Morgan fingerprint density at radius 2 is 2.07 bits per heavy atom. The zero-order chi connectivity index (χ0) is 10.9. The van der Waals surface area contributed by atoms with Crippen molar-refractivity contribution in [2.24, 2.45) is 5.92 Å². The topological polar surface area (TPSA) is 37.4 Å². The number of rotatable bonds is 3. The first-order chi connectivity index (χ1) is 6.39. The Bertz CT molecular complexity index is 291. The van der Waals surface area contributed by atoms with Gasteiger partial charge in [-0.15, -0.1) is 11.6 Å². The fraction of sp³-hybridized carbons (Fsp3) is 1.00. The summed E-state index contributed by atoms with van der Waals surface area (Å²) in [6, 6.07) is 0.126. The van der Waals surface area contributed by atoms with Gasteiger partial charge < -0.3 is 0 Å². The number of sulfonamides is 1. The number of hydrogen-bond acceptors (Lipinski definition) is 2. The maximum absolute atomic E-state index is 12.0. The zero-order valence-corrected chi connectivity index (χ0v) is 10.5. The monoisotopic (exact) mass is 239 g/mol. The average Bonchev–Trinajstić information content (AvgIpc) is 2.44. The van der Waals surface area contributed by atoms with Crippen molar-refractivity contribution in [3.8, 4) is 0 Å². The molecule has 3 unspecified atom stereocenters. The second kappa shape index (κ2) is 4.37. The Morgan fingerprint density at radius 3 is 2.43 bits per heavy atom. The van der Waals surface area contributed by atoms with E-state index >= 15 is 0 Å². The summed E-state index contributed by atoms with van der Waals surface area (Å²) in [5.41, 5.74) is 0. The Labute approximate surface area is 91.5 Å². The summed E-state index contributed by atoms with van der Waals surface area (Å²) < 4.78 is 25.5. The van der Waals surface area contributed by atoms with Gasteiger partial charge in [-0.05, 0) is 26.2 Å². The lowest BCUT2D eigenvalue weighted by molar-refractivity contribution is 0.401. The molecule has 0 aromatic heterocycles. The summed E-state index contributed by atoms with van der Waals surface area (Å²) in [6.07, 6.45) is 0.953. The summed E-state index contributed by atoms with van der Waals surface area (Å²) in [4.78, 5) is 0. The van der Waals surface area contributed by atoms with Gasteiger partial charge >= 0.3 is 0 Å². The fourth-order valence-electron chi connectivity index (χ4n) is 1.93. The van der Waals surface area contributed by atoms with E-state index in [0.717, 1.165) is 6.42 Å². The van der Waals surface area contributed by atoms with Gasteiger partial charge in [0.05, 0.1) is 5.25 Å². The lowest BCUT2D eigenvalue weighted by Crippen LogP contribution is -2.40. The van der Waals surface area contributed by atoms with Crippen LogP contribution in [0, 0.1) is 5.92 Å². The second-order valence-corrected chi connectivity index (χ2v) is 6.88. The maximum Gasteiger partial charge on any atom is 0.218 e. The molecule has 0 saturated carbocycles. The normalized spacial score (nSPS) is 32.0. The van der Waals surface area contributed by atoms with E-state index in [1.54, 1.807) is 11.2 Å². The van der Waals surface area contributed by atoms with E-state index in [0.29, 0.717) is 12.5 Å². The molecule has 0 aromatic carbocycles. The van der Waals surface area contributed by atoms with Crippen LogP contribution in [0.15, 0.2) is 0 Å². The Hall–Kier alpha value is 0.200. The van der Waals surface area contributed by atoms with Crippen LogP contribution >= 0.6 is 11.6 Å². The van der Waals surface area contributed by atoms with Gasteiger partial charge in [-0.2, -0.15) is 4.31 Å². The summed E-state index contributed by atoms with van der Waals surface area (Å²) in [6.45, 7) is 6.35. The molecule has 14 heavy (non-hydrogen) atoms. The SMILES string of the molecule is CC1CC(C)N(S(=O)(=O)C(C)CCl)C1. The van der Waals surface area contributed by atoms with E-state index in [-0.39, 0.29) is 11.9 Å². The van der Waals surface area contributed by atoms with Crippen LogP contribution in [0.4, 0.5) is 0 Å². The van der Waals surface area contributed by atoms with Crippen LogP contribution < -0.4 is 0 Å². The van der Waals surface area contributed by atoms with E-state index < -0.39 is 15.3 Å². The van der Waals surface area contributed by atoms with Gasteiger partial charge in [0.2, 0.25) is 10.0 Å². The van der Waals surface area contributed by atoms with Crippen LogP contribution in [-0.4, -0.2) is 36.4 Å². The molecule has 5 heteroatoms. The predicted molar refractivity (Wildman–Crippen MR) is 59.1 cm³/mol. The average molecular weight is 240 g/mol. The molecule has 0 N–H and O–H groups in total. The molecule has 84 valence electrons. The standard InChI is InChI=1S/C9H18ClNO2S/c1-7-4-8(2)11(6-7)14(12,13)9(3)5-10/h7-9H,4-6H2,1-3H3. The smallest absolute Gasteiger partial charge is 0.212 e. The summed E-state index contributed by atoms with van der Waals surface area (Å²) in [5.74, 6) is 0.627.